The van der Waals surface area contributed by atoms with Gasteiger partial charge in [-0.3, -0.25) is 14.5 Å². The van der Waals surface area contributed by atoms with Crippen molar-refractivity contribution in [3.63, 3.8) is 0 Å². The van der Waals surface area contributed by atoms with E-state index < -0.39 is 0 Å². The molecule has 0 radical (unpaired) electrons. The molecular formula is C21H27BrN2O3S. The van der Waals surface area contributed by atoms with Gasteiger partial charge >= 0.3 is 5.97 Å². The van der Waals surface area contributed by atoms with Crippen LogP contribution in [0.3, 0.4) is 0 Å². The van der Waals surface area contributed by atoms with Crippen LogP contribution in [-0.4, -0.2) is 25.0 Å². The van der Waals surface area contributed by atoms with Crippen molar-refractivity contribution in [3.05, 3.63) is 40.2 Å². The van der Waals surface area contributed by atoms with E-state index in [4.69, 9.17) is 0 Å². The summed E-state index contributed by atoms with van der Waals surface area (Å²) >= 11 is 5.01. The van der Waals surface area contributed by atoms with Crippen LogP contribution < -0.4 is 10.2 Å². The molecule has 5 nitrogen and oxygen atoms in total. The predicted molar refractivity (Wildman–Crippen MR) is 119 cm³/mol. The molecule has 2 aromatic rings. The Bertz CT molecular complexity index is 774. The number of unbranched alkanes of at least 4 members (excludes halogenated alkanes) is 2. The van der Waals surface area contributed by atoms with E-state index in [1.54, 1.807) is 4.90 Å². The number of nitrogens with one attached hydrogen (secondary N) is 1. The van der Waals surface area contributed by atoms with Crippen LogP contribution in [0.4, 0.5) is 16.4 Å². The number of thiophene rings is 1. The largest absolute Gasteiger partial charge is 0.469 e. The number of carbonyl (C=O) groups excluding carboxylic acids is 2. The second kappa shape index (κ2) is 11.2. The third-order valence-electron chi connectivity index (χ3n) is 4.11. The van der Waals surface area contributed by atoms with Gasteiger partial charge in [0.2, 0.25) is 5.91 Å². The van der Waals surface area contributed by atoms with Crippen molar-refractivity contribution in [1.82, 2.24) is 0 Å². The Morgan fingerprint density at radius 3 is 2.32 bits per heavy atom. The summed E-state index contributed by atoms with van der Waals surface area (Å²) in [5.41, 5.74) is 1.88. The maximum atomic E-state index is 13.0. The highest BCUT2D eigenvalue weighted by molar-refractivity contribution is 9.11. The van der Waals surface area contributed by atoms with Crippen LogP contribution in [0.1, 0.15) is 46.0 Å². The van der Waals surface area contributed by atoms with Crippen LogP contribution in [0.5, 0.6) is 0 Å². The number of anilines is 3. The molecule has 1 amide bonds. The van der Waals surface area contributed by atoms with Gasteiger partial charge in [0.15, 0.2) is 0 Å². The Morgan fingerprint density at radius 1 is 1.07 bits per heavy atom. The zero-order chi connectivity index (χ0) is 20.5. The Hall–Kier alpha value is -1.86. The number of carbonyl (C=O) groups is 2. The van der Waals surface area contributed by atoms with Gasteiger partial charge in [0, 0.05) is 30.3 Å². The molecule has 0 saturated heterocycles. The van der Waals surface area contributed by atoms with Crippen LogP contribution in [0.15, 0.2) is 40.2 Å². The summed E-state index contributed by atoms with van der Waals surface area (Å²) in [7, 11) is 1.39. The second-order valence-corrected chi connectivity index (χ2v) is 9.23. The molecule has 1 N–H and O–H groups in total. The first-order chi connectivity index (χ1) is 13.4. The van der Waals surface area contributed by atoms with Gasteiger partial charge in [-0.2, -0.15) is 0 Å². The number of amides is 1. The number of hydrogen-bond acceptors (Lipinski definition) is 5. The molecule has 152 valence electrons. The van der Waals surface area contributed by atoms with Gasteiger partial charge in [-0.1, -0.05) is 6.42 Å². The Kier molecular flexibility index (Phi) is 8.99. The van der Waals surface area contributed by atoms with Crippen molar-refractivity contribution in [2.24, 2.45) is 0 Å². The lowest BCUT2D eigenvalue weighted by Gasteiger charge is -2.22. The van der Waals surface area contributed by atoms with Crippen molar-refractivity contribution >= 4 is 55.5 Å². The molecule has 0 aliphatic rings. The van der Waals surface area contributed by atoms with E-state index in [9.17, 15) is 9.59 Å². The number of rotatable bonds is 10. The molecule has 0 fully saturated rings. The van der Waals surface area contributed by atoms with E-state index in [2.05, 4.69) is 39.8 Å². The number of methoxy groups -OCH3 is 1. The van der Waals surface area contributed by atoms with Gasteiger partial charge in [-0.05, 0) is 79.0 Å². The highest BCUT2D eigenvalue weighted by Gasteiger charge is 2.19. The maximum absolute atomic E-state index is 13.0. The summed E-state index contributed by atoms with van der Waals surface area (Å²) in [6, 6.07) is 12.2. The molecule has 0 unspecified atom stereocenters. The van der Waals surface area contributed by atoms with Crippen LogP contribution in [-0.2, 0) is 14.3 Å². The molecular weight excluding hydrogens is 440 g/mol. The minimum absolute atomic E-state index is 0.0528. The van der Waals surface area contributed by atoms with Crippen molar-refractivity contribution in [2.75, 3.05) is 17.3 Å². The summed E-state index contributed by atoms with van der Waals surface area (Å²) in [5.74, 6) is -0.150. The zero-order valence-corrected chi connectivity index (χ0v) is 18.9. The minimum atomic E-state index is -0.202. The molecule has 1 heterocycles. The van der Waals surface area contributed by atoms with Crippen LogP contribution in [0.2, 0.25) is 0 Å². The second-order valence-electron chi connectivity index (χ2n) is 6.79. The first-order valence-corrected chi connectivity index (χ1v) is 11.0. The number of esters is 1. The highest BCUT2D eigenvalue weighted by Crippen LogP contribution is 2.36. The molecule has 0 aliphatic carbocycles. The van der Waals surface area contributed by atoms with Crippen LogP contribution >= 0.6 is 27.3 Å². The normalized spacial score (nSPS) is 10.8. The minimum Gasteiger partial charge on any atom is -0.469 e. The first kappa shape index (κ1) is 22.4. The molecule has 0 spiro atoms. The number of ether oxygens (including phenoxy) is 1. The Labute approximate surface area is 179 Å². The molecule has 1 aromatic carbocycles. The van der Waals surface area contributed by atoms with Crippen molar-refractivity contribution in [2.45, 2.75) is 52.0 Å². The molecule has 0 bridgehead atoms. The van der Waals surface area contributed by atoms with Crippen molar-refractivity contribution < 1.29 is 14.3 Å². The molecule has 7 heteroatoms. The first-order valence-electron chi connectivity index (χ1n) is 9.42. The lowest BCUT2D eigenvalue weighted by atomic mass is 10.1. The lowest BCUT2D eigenvalue weighted by Crippen LogP contribution is -2.24. The molecule has 28 heavy (non-hydrogen) atoms. The van der Waals surface area contributed by atoms with Gasteiger partial charge in [-0.15, -0.1) is 11.3 Å². The van der Waals surface area contributed by atoms with E-state index >= 15 is 0 Å². The van der Waals surface area contributed by atoms with Crippen molar-refractivity contribution in [3.8, 4) is 0 Å². The fourth-order valence-corrected chi connectivity index (χ4v) is 4.20. The van der Waals surface area contributed by atoms with E-state index in [-0.39, 0.29) is 11.9 Å². The Morgan fingerprint density at radius 2 is 1.75 bits per heavy atom. The summed E-state index contributed by atoms with van der Waals surface area (Å²) in [4.78, 5) is 25.9. The molecule has 0 aliphatic heterocycles. The van der Waals surface area contributed by atoms with Gasteiger partial charge in [0.05, 0.1) is 10.9 Å². The third kappa shape index (κ3) is 6.95. The van der Waals surface area contributed by atoms with Gasteiger partial charge < -0.3 is 10.1 Å². The quantitative estimate of drug-likeness (QED) is 0.338. The summed E-state index contributed by atoms with van der Waals surface area (Å²) < 4.78 is 5.63. The van der Waals surface area contributed by atoms with Crippen LogP contribution in [0.25, 0.3) is 0 Å². The summed E-state index contributed by atoms with van der Waals surface area (Å²) in [6.45, 7) is 4.18. The smallest absolute Gasteiger partial charge is 0.305 e. The third-order valence-corrected chi connectivity index (χ3v) is 5.72. The number of benzene rings is 1. The van der Waals surface area contributed by atoms with E-state index in [1.807, 2.05) is 36.4 Å². The SMILES string of the molecule is COC(=O)CCCCCC(=O)N(c1ccc(NC(C)C)cc1)c1ccc(Br)s1. The fraction of sp³-hybridized carbons (Fsp3) is 0.429. The van der Waals surface area contributed by atoms with Gasteiger partial charge in [0.25, 0.3) is 0 Å². The van der Waals surface area contributed by atoms with Crippen LogP contribution in [0, 0.1) is 0 Å². The average Bonchev–Trinajstić information content (AvgIpc) is 3.08. The maximum Gasteiger partial charge on any atom is 0.305 e. The van der Waals surface area contributed by atoms with E-state index in [0.29, 0.717) is 18.9 Å². The fourth-order valence-electron chi connectivity index (χ4n) is 2.80. The number of halogens is 1. The number of hydrogen-bond donors (Lipinski definition) is 1. The monoisotopic (exact) mass is 466 g/mol. The average molecular weight is 467 g/mol. The molecule has 0 saturated carbocycles. The van der Waals surface area contributed by atoms with Gasteiger partial charge in [-0.25, -0.2) is 0 Å². The standard InChI is InChI=1S/C21H27BrN2O3S/c1-15(2)23-16-9-11-17(12-10-16)24(20-14-13-18(22)28-20)19(25)7-5-4-6-8-21(26)27-3/h9-15,23H,4-8H2,1-3H3. The van der Waals surface area contributed by atoms with E-state index in [0.717, 1.165) is 39.4 Å². The lowest BCUT2D eigenvalue weighted by molar-refractivity contribution is -0.140. The highest BCUT2D eigenvalue weighted by atomic mass is 79.9. The van der Waals surface area contributed by atoms with Crippen molar-refractivity contribution in [1.29, 1.82) is 0 Å². The predicted octanol–water partition coefficient (Wildman–Crippen LogP) is 6.12. The topological polar surface area (TPSA) is 58.6 Å². The molecule has 0 atom stereocenters. The van der Waals surface area contributed by atoms with Gasteiger partial charge in [0.1, 0.15) is 5.00 Å². The summed E-state index contributed by atoms with van der Waals surface area (Å²) in [5, 5.41) is 4.25. The molecule has 2 rings (SSSR count). The zero-order valence-electron chi connectivity index (χ0n) is 16.5. The summed E-state index contributed by atoms with van der Waals surface area (Å²) in [6.07, 6.45) is 3.13. The van der Waals surface area contributed by atoms with E-state index in [1.165, 1.54) is 18.4 Å². The number of nitrogens with zero attached hydrogens (tertiary/aromatic N) is 1. The Balaban J connectivity index is 2.05. The molecule has 1 aromatic heterocycles.